The van der Waals surface area contributed by atoms with Gasteiger partial charge in [-0.3, -0.25) is 0 Å². The minimum Gasteiger partial charge on any atom is -0.486 e. The number of allylic oxidation sites excluding steroid dienone is 3. The second-order valence-corrected chi connectivity index (χ2v) is 5.55. The van der Waals surface area contributed by atoms with E-state index in [2.05, 4.69) is 32.9 Å². The third-order valence-electron chi connectivity index (χ3n) is 2.67. The highest BCUT2D eigenvalue weighted by molar-refractivity contribution is 6.37. The summed E-state index contributed by atoms with van der Waals surface area (Å²) in [6.07, 6.45) is 6.42. The first-order valence-electron chi connectivity index (χ1n) is 6.36. The molecular formula is C16H20Cl2O. The van der Waals surface area contributed by atoms with Gasteiger partial charge in [0.1, 0.15) is 6.61 Å². The molecule has 0 amide bonds. The maximum atomic E-state index is 6.03. The molecule has 0 atom stereocenters. The van der Waals surface area contributed by atoms with E-state index in [0.717, 1.165) is 12.8 Å². The monoisotopic (exact) mass is 298 g/mol. The predicted molar refractivity (Wildman–Crippen MR) is 84.4 cm³/mol. The number of hydrogen-bond acceptors (Lipinski definition) is 1. The lowest BCUT2D eigenvalue weighted by atomic mass is 10.1. The van der Waals surface area contributed by atoms with Crippen LogP contribution < -0.4 is 4.74 Å². The van der Waals surface area contributed by atoms with Crippen LogP contribution in [0.1, 0.15) is 33.6 Å². The smallest absolute Gasteiger partial charge is 0.156 e. The Morgan fingerprint density at radius 1 is 1.11 bits per heavy atom. The van der Waals surface area contributed by atoms with Gasteiger partial charge in [-0.15, -0.1) is 0 Å². The quantitative estimate of drug-likeness (QED) is 0.580. The standard InChI is InChI=1S/C16H20Cl2O/c1-12(2)6-4-7-13(3)10-11-19-16-14(17)8-5-9-15(16)18/h5-6,8-10H,4,7,11H2,1-3H3/b13-10+. The zero-order chi connectivity index (χ0) is 14.3. The van der Waals surface area contributed by atoms with E-state index in [1.54, 1.807) is 18.2 Å². The van der Waals surface area contributed by atoms with Crippen molar-refractivity contribution in [3.63, 3.8) is 0 Å². The predicted octanol–water partition coefficient (Wildman–Crippen LogP) is 6.06. The highest BCUT2D eigenvalue weighted by Crippen LogP contribution is 2.32. The molecule has 1 rings (SSSR count). The molecule has 0 N–H and O–H groups in total. The second-order valence-electron chi connectivity index (χ2n) is 4.73. The van der Waals surface area contributed by atoms with Gasteiger partial charge in [-0.1, -0.05) is 46.5 Å². The van der Waals surface area contributed by atoms with Crippen LogP contribution in [0.15, 0.2) is 41.5 Å². The summed E-state index contributed by atoms with van der Waals surface area (Å²) in [6, 6.07) is 5.35. The highest BCUT2D eigenvalue weighted by Gasteiger charge is 2.05. The molecule has 0 aliphatic heterocycles. The molecule has 0 heterocycles. The van der Waals surface area contributed by atoms with Crippen molar-refractivity contribution < 1.29 is 4.74 Å². The fourth-order valence-electron chi connectivity index (χ4n) is 1.58. The number of hydrogen-bond donors (Lipinski definition) is 0. The van der Waals surface area contributed by atoms with Gasteiger partial charge in [0, 0.05) is 0 Å². The Labute approximate surface area is 125 Å². The van der Waals surface area contributed by atoms with E-state index < -0.39 is 0 Å². The zero-order valence-corrected chi connectivity index (χ0v) is 13.2. The lowest BCUT2D eigenvalue weighted by molar-refractivity contribution is 0.362. The Kier molecular flexibility index (Phi) is 7.04. The van der Waals surface area contributed by atoms with Gasteiger partial charge < -0.3 is 4.74 Å². The largest absolute Gasteiger partial charge is 0.486 e. The van der Waals surface area contributed by atoms with E-state index >= 15 is 0 Å². The van der Waals surface area contributed by atoms with Crippen molar-refractivity contribution in [2.24, 2.45) is 0 Å². The molecule has 1 aromatic carbocycles. The maximum absolute atomic E-state index is 6.03. The molecule has 0 saturated carbocycles. The molecule has 0 spiro atoms. The van der Waals surface area contributed by atoms with Crippen LogP contribution in [-0.2, 0) is 0 Å². The number of halogens is 2. The summed E-state index contributed by atoms with van der Waals surface area (Å²) in [4.78, 5) is 0. The van der Waals surface area contributed by atoms with Gasteiger partial charge in [-0.25, -0.2) is 0 Å². The summed E-state index contributed by atoms with van der Waals surface area (Å²) < 4.78 is 5.61. The van der Waals surface area contributed by atoms with Crippen molar-refractivity contribution in [2.45, 2.75) is 33.6 Å². The van der Waals surface area contributed by atoms with Crippen molar-refractivity contribution in [1.29, 1.82) is 0 Å². The minimum absolute atomic E-state index is 0.490. The molecule has 0 radical (unpaired) electrons. The van der Waals surface area contributed by atoms with Crippen LogP contribution in [0.25, 0.3) is 0 Å². The number of ether oxygens (including phenoxy) is 1. The van der Waals surface area contributed by atoms with Gasteiger partial charge in [-0.05, 0) is 51.8 Å². The van der Waals surface area contributed by atoms with E-state index in [4.69, 9.17) is 27.9 Å². The molecular weight excluding hydrogens is 279 g/mol. The molecule has 0 saturated heterocycles. The summed E-state index contributed by atoms with van der Waals surface area (Å²) in [5.41, 5.74) is 2.66. The minimum atomic E-state index is 0.490. The number of para-hydroxylation sites is 1. The molecule has 19 heavy (non-hydrogen) atoms. The first-order valence-corrected chi connectivity index (χ1v) is 7.12. The van der Waals surface area contributed by atoms with Crippen molar-refractivity contribution in [3.05, 3.63) is 51.5 Å². The average Bonchev–Trinajstić information content (AvgIpc) is 2.32. The van der Waals surface area contributed by atoms with Crippen molar-refractivity contribution in [3.8, 4) is 5.75 Å². The molecule has 0 bridgehead atoms. The molecule has 0 aliphatic rings. The SMILES string of the molecule is CC(C)=CCC/C(C)=C/COc1c(Cl)cccc1Cl. The summed E-state index contributed by atoms with van der Waals surface area (Å²) in [5, 5.41) is 1.09. The lowest BCUT2D eigenvalue weighted by Gasteiger charge is -2.08. The lowest BCUT2D eigenvalue weighted by Crippen LogP contribution is -1.96. The van der Waals surface area contributed by atoms with Crippen molar-refractivity contribution in [1.82, 2.24) is 0 Å². The third kappa shape index (κ3) is 6.17. The second kappa shape index (κ2) is 8.29. The molecule has 3 heteroatoms. The van der Waals surface area contributed by atoms with Gasteiger partial charge in [0.15, 0.2) is 5.75 Å². The van der Waals surface area contributed by atoms with Crippen molar-refractivity contribution in [2.75, 3.05) is 6.61 Å². The van der Waals surface area contributed by atoms with Gasteiger partial charge in [-0.2, -0.15) is 0 Å². The summed E-state index contributed by atoms with van der Waals surface area (Å²) >= 11 is 12.1. The Hall–Kier alpha value is -0.920. The molecule has 1 nitrogen and oxygen atoms in total. The fourth-order valence-corrected chi connectivity index (χ4v) is 2.08. The molecule has 0 aliphatic carbocycles. The summed E-state index contributed by atoms with van der Waals surface area (Å²) in [6.45, 7) is 6.82. The van der Waals surface area contributed by atoms with Crippen LogP contribution in [0.5, 0.6) is 5.75 Å². The van der Waals surface area contributed by atoms with E-state index in [0.29, 0.717) is 22.4 Å². The zero-order valence-electron chi connectivity index (χ0n) is 11.7. The Balaban J connectivity index is 2.46. The number of rotatable bonds is 6. The van der Waals surface area contributed by atoms with Gasteiger partial charge in [0.05, 0.1) is 10.0 Å². The molecule has 0 aromatic heterocycles. The van der Waals surface area contributed by atoms with Crippen molar-refractivity contribution >= 4 is 23.2 Å². The first kappa shape index (κ1) is 16.1. The number of benzene rings is 1. The van der Waals surface area contributed by atoms with E-state index in [1.807, 2.05) is 0 Å². The first-order chi connectivity index (χ1) is 9.00. The highest BCUT2D eigenvalue weighted by atomic mass is 35.5. The topological polar surface area (TPSA) is 9.23 Å². The van der Waals surface area contributed by atoms with Gasteiger partial charge in [0.25, 0.3) is 0 Å². The summed E-state index contributed by atoms with van der Waals surface area (Å²) in [5.74, 6) is 0.555. The Bertz CT molecular complexity index is 451. The maximum Gasteiger partial charge on any atom is 0.156 e. The van der Waals surface area contributed by atoms with E-state index in [1.165, 1.54) is 11.1 Å². The van der Waals surface area contributed by atoms with Gasteiger partial charge >= 0.3 is 0 Å². The van der Waals surface area contributed by atoms with Crippen LogP contribution in [0.3, 0.4) is 0 Å². The molecule has 0 unspecified atom stereocenters. The summed E-state index contributed by atoms with van der Waals surface area (Å²) in [7, 11) is 0. The van der Waals surface area contributed by atoms with Gasteiger partial charge in [0.2, 0.25) is 0 Å². The normalized spacial score (nSPS) is 11.3. The van der Waals surface area contributed by atoms with Crippen LogP contribution in [0, 0.1) is 0 Å². The molecule has 0 fully saturated rings. The van der Waals surface area contributed by atoms with Crippen LogP contribution in [0.2, 0.25) is 10.0 Å². The Morgan fingerprint density at radius 2 is 1.74 bits per heavy atom. The molecule has 104 valence electrons. The Morgan fingerprint density at radius 3 is 2.32 bits per heavy atom. The van der Waals surface area contributed by atoms with E-state index in [-0.39, 0.29) is 0 Å². The van der Waals surface area contributed by atoms with Crippen LogP contribution in [-0.4, -0.2) is 6.61 Å². The van der Waals surface area contributed by atoms with Crippen LogP contribution in [0.4, 0.5) is 0 Å². The molecule has 1 aromatic rings. The third-order valence-corrected chi connectivity index (χ3v) is 3.26. The average molecular weight is 299 g/mol. The van der Waals surface area contributed by atoms with E-state index in [9.17, 15) is 0 Å². The van der Waals surface area contributed by atoms with Crippen LogP contribution >= 0.6 is 23.2 Å². The fraction of sp³-hybridized carbons (Fsp3) is 0.375.